The number of ether oxygens (including phenoxy) is 1. The van der Waals surface area contributed by atoms with Crippen LogP contribution >= 0.6 is 0 Å². The van der Waals surface area contributed by atoms with Crippen LogP contribution in [0.5, 0.6) is 0 Å². The Morgan fingerprint density at radius 1 is 0.453 bits per heavy atom. The number of nitrogens with one attached hydrogen (secondary N) is 3. The summed E-state index contributed by atoms with van der Waals surface area (Å²) in [5.41, 5.74) is 9.79. The van der Waals surface area contributed by atoms with Crippen molar-refractivity contribution < 1.29 is 19.1 Å². The normalized spacial score (nSPS) is 13.4. The molecular weight excluding hydrogens is 1480 g/mol. The molecule has 5 aromatic carbocycles. The highest BCUT2D eigenvalue weighted by Gasteiger charge is 2.33. The van der Waals surface area contributed by atoms with Crippen molar-refractivity contribution in [1.29, 1.82) is 0 Å². The molecule has 0 radical (unpaired) electrons. The number of benzene rings is 5. The van der Waals surface area contributed by atoms with Gasteiger partial charge in [0.15, 0.2) is 16.9 Å². The smallest absolute Gasteiger partial charge is 0.267 e. The maximum Gasteiger partial charge on any atom is 0.267 e. The topological polar surface area (TPSA) is 322 Å². The molecule has 1 aliphatic heterocycles. The van der Waals surface area contributed by atoms with Gasteiger partial charge in [-0.2, -0.15) is 20.4 Å². The van der Waals surface area contributed by atoms with Crippen molar-refractivity contribution in [3.8, 4) is 46.9 Å². The first-order chi connectivity index (χ1) is 56.9. The van der Waals surface area contributed by atoms with Crippen LogP contribution in [0.1, 0.15) is 164 Å². The predicted octanol–water partition coefficient (Wildman–Crippen LogP) is 10.7. The lowest BCUT2D eigenvalue weighted by Crippen LogP contribution is -2.34. The van der Waals surface area contributed by atoms with Gasteiger partial charge in [0.05, 0.1) is 91.1 Å². The third-order valence-electron chi connectivity index (χ3n) is 20.0. The maximum atomic E-state index is 14.2. The molecule has 578 valence electrons. The standard InChI is InChI=1S/C31H23N7O2.C31H28N6O3.C27H24N8O2/c1-20-26(29-33-16-7-19-37(29)36-20)30(39)34-21(2)28-35-25-11-6-8-23(13-12-22-14-17-32-18-15-22)27(25)31(40)38(28)24-9-4-3-5-10-24;1-20-26(29-32-16-7-17-36(29)35-20)30(38)33-21(2)28-34-25-11-6-8-23(13-12-22-14-18-40-19-15-22)27(25)31(39)37(28)24-9-4-3-5-10-24;1-16-22(25-28-12-5-13-34(25)32-16)26(36)30-17(2)24-31-21-7-4-6-19(9-8-18-14-29-33(3)15-18)23(21)27(37)35(24)20-10-11-20/h3-11,14-19,21H,1-2H3,(H,34,39);3-11,16-17,21-22H,14-15,18-19H2,1-2H3,(H,33,38);4-7,12-15,17,20H,10-11H2,1-3H3,(H,30,36)/t2*21-;17-/m000/s1. The number of pyridine rings is 1. The van der Waals surface area contributed by atoms with Crippen LogP contribution < -0.4 is 32.6 Å². The van der Waals surface area contributed by atoms with Crippen LogP contribution in [-0.2, 0) is 11.8 Å². The lowest BCUT2D eigenvalue weighted by molar-refractivity contribution is 0.0807. The van der Waals surface area contributed by atoms with Crippen LogP contribution in [-0.4, -0.2) is 118 Å². The van der Waals surface area contributed by atoms with Gasteiger partial charge in [-0.25, -0.2) is 43.5 Å². The summed E-state index contributed by atoms with van der Waals surface area (Å²) >= 11 is 0. The Balaban J connectivity index is 0.000000132. The molecule has 18 rings (SSSR count). The van der Waals surface area contributed by atoms with E-state index in [4.69, 9.17) is 19.7 Å². The molecule has 2 aliphatic rings. The van der Waals surface area contributed by atoms with Gasteiger partial charge in [-0.15, -0.1) is 0 Å². The quantitative estimate of drug-likeness (QED) is 0.0957. The van der Waals surface area contributed by atoms with E-state index in [1.54, 1.807) is 147 Å². The largest absolute Gasteiger partial charge is 0.381 e. The molecule has 1 saturated carbocycles. The van der Waals surface area contributed by atoms with E-state index < -0.39 is 18.1 Å². The van der Waals surface area contributed by atoms with Crippen molar-refractivity contribution in [2.45, 2.75) is 91.4 Å². The van der Waals surface area contributed by atoms with Gasteiger partial charge in [-0.05, 0) is 158 Å². The molecular formula is C89H75N21O7. The summed E-state index contributed by atoms with van der Waals surface area (Å²) in [6.45, 7) is 12.2. The Hall–Kier alpha value is -15.2. The van der Waals surface area contributed by atoms with E-state index >= 15 is 0 Å². The molecule has 1 saturated heterocycles. The number of nitrogens with zero attached hydrogens (tertiary/aromatic N) is 18. The van der Waals surface area contributed by atoms with Crippen LogP contribution in [0, 0.1) is 62.2 Å². The summed E-state index contributed by atoms with van der Waals surface area (Å²) in [7, 11) is 1.83. The van der Waals surface area contributed by atoms with Crippen LogP contribution in [0.2, 0.25) is 0 Å². The number of rotatable bonds is 12. The average Bonchev–Trinajstić information content (AvgIpc) is 1.48. The lowest BCUT2D eigenvalue weighted by Gasteiger charge is -2.20. The van der Waals surface area contributed by atoms with Crippen LogP contribution in [0.3, 0.4) is 0 Å². The van der Waals surface area contributed by atoms with Gasteiger partial charge in [0.2, 0.25) is 0 Å². The van der Waals surface area contributed by atoms with E-state index in [1.807, 2.05) is 136 Å². The first-order valence-corrected chi connectivity index (χ1v) is 38.0. The van der Waals surface area contributed by atoms with Crippen molar-refractivity contribution in [3.63, 3.8) is 0 Å². The molecule has 3 N–H and O–H groups in total. The Morgan fingerprint density at radius 3 is 1.29 bits per heavy atom. The SMILES string of the molecule is Cc1nn2cccnc2c1C(=O)N[C@@H](C)c1nc2cccc(C#CC3CCOCC3)c2c(=O)n1-c1ccccc1.Cc1nn2cccnc2c1C(=O)N[C@@H](C)c1nc2cccc(C#Cc3ccncc3)c2c(=O)n1-c1ccccc1.Cc1nn2cccnc2c1C(=O)N[C@@H](C)c1nc2cccc(C#Cc3cnn(C)c3)c2c(=O)n1C1CC1. The lowest BCUT2D eigenvalue weighted by atomic mass is 10.00. The highest BCUT2D eigenvalue weighted by molar-refractivity contribution is 6.03. The average molecular weight is 1550 g/mol. The predicted molar refractivity (Wildman–Crippen MR) is 440 cm³/mol. The molecule has 12 heterocycles. The molecule has 3 amide bonds. The molecule has 117 heavy (non-hydrogen) atoms. The number of aryl methyl sites for hydroxylation is 4. The van der Waals surface area contributed by atoms with Gasteiger partial charge in [0, 0.05) is 110 Å². The molecule has 0 bridgehead atoms. The molecule has 28 nitrogen and oxygen atoms in total. The first-order valence-electron chi connectivity index (χ1n) is 38.0. The van der Waals surface area contributed by atoms with Crippen molar-refractivity contribution >= 4 is 67.4 Å². The molecule has 1 aliphatic carbocycles. The minimum absolute atomic E-state index is 0.0541. The molecule has 11 aromatic heterocycles. The second kappa shape index (κ2) is 32.9. The van der Waals surface area contributed by atoms with E-state index in [1.165, 1.54) is 4.57 Å². The maximum absolute atomic E-state index is 14.2. The third-order valence-corrected chi connectivity index (χ3v) is 20.0. The number of para-hydroxylation sites is 2. The Bertz CT molecular complexity index is 6980. The number of fused-ring (bicyclic) bond motifs is 6. The zero-order chi connectivity index (χ0) is 81.0. The fraction of sp³-hybridized carbons (Fsp3) is 0.202. The van der Waals surface area contributed by atoms with E-state index in [0.717, 1.165) is 36.8 Å². The van der Waals surface area contributed by atoms with Gasteiger partial charge in [-0.1, -0.05) is 90.1 Å². The molecule has 16 aromatic rings. The van der Waals surface area contributed by atoms with E-state index in [0.29, 0.717) is 142 Å². The number of carbonyl (C=O) groups is 3. The Kier molecular flexibility index (Phi) is 21.3. The van der Waals surface area contributed by atoms with E-state index in [2.05, 4.69) is 91.8 Å². The van der Waals surface area contributed by atoms with Gasteiger partial charge >= 0.3 is 0 Å². The number of hydrogen-bond acceptors (Lipinski definition) is 18. The second-order valence-corrected chi connectivity index (χ2v) is 28.3. The summed E-state index contributed by atoms with van der Waals surface area (Å²) in [6.07, 6.45) is 20.5. The number of amides is 3. The first kappa shape index (κ1) is 75.8. The van der Waals surface area contributed by atoms with Crippen molar-refractivity contribution in [3.05, 3.63) is 318 Å². The van der Waals surface area contributed by atoms with Gasteiger partial charge in [-0.3, -0.25) is 52.1 Å². The van der Waals surface area contributed by atoms with Crippen LogP contribution in [0.25, 0.3) is 61.0 Å². The van der Waals surface area contributed by atoms with Crippen molar-refractivity contribution in [1.82, 2.24) is 103 Å². The molecule has 0 spiro atoms. The summed E-state index contributed by atoms with van der Waals surface area (Å²) in [6, 6.07) is 42.1. The molecule has 3 atom stereocenters. The van der Waals surface area contributed by atoms with Crippen molar-refractivity contribution in [2.75, 3.05) is 13.2 Å². The molecule has 0 unspecified atom stereocenters. The zero-order valence-electron chi connectivity index (χ0n) is 64.7. The van der Waals surface area contributed by atoms with E-state index in [9.17, 15) is 28.8 Å². The minimum atomic E-state index is -0.630. The van der Waals surface area contributed by atoms with Gasteiger partial charge in [0.1, 0.15) is 34.2 Å². The summed E-state index contributed by atoms with van der Waals surface area (Å²) in [4.78, 5) is 114. The van der Waals surface area contributed by atoms with Gasteiger partial charge in [0.25, 0.3) is 34.4 Å². The highest BCUT2D eigenvalue weighted by atomic mass is 16.5. The molecule has 28 heteroatoms. The Morgan fingerprint density at radius 2 is 0.863 bits per heavy atom. The third kappa shape index (κ3) is 15.6. The monoisotopic (exact) mass is 1550 g/mol. The second-order valence-electron chi connectivity index (χ2n) is 28.3. The summed E-state index contributed by atoms with van der Waals surface area (Å²) in [5.74, 6) is 19.6. The highest BCUT2D eigenvalue weighted by Crippen LogP contribution is 2.37. The van der Waals surface area contributed by atoms with Crippen molar-refractivity contribution in [2.24, 2.45) is 13.0 Å². The minimum Gasteiger partial charge on any atom is -0.381 e. The summed E-state index contributed by atoms with van der Waals surface area (Å²) in [5, 5.41) is 27.7. The van der Waals surface area contributed by atoms with Crippen LogP contribution in [0.15, 0.2) is 222 Å². The van der Waals surface area contributed by atoms with E-state index in [-0.39, 0.29) is 46.4 Å². The summed E-state index contributed by atoms with van der Waals surface area (Å²) < 4.78 is 16.7. The molecule has 2 fully saturated rings. The zero-order valence-corrected chi connectivity index (χ0v) is 64.7. The number of aromatic nitrogens is 18. The number of carbonyl (C=O) groups excluding carboxylic acids is 3. The number of hydrogen-bond donors (Lipinski definition) is 3. The fourth-order valence-electron chi connectivity index (χ4n) is 14.3. The van der Waals surface area contributed by atoms with Gasteiger partial charge < -0.3 is 20.7 Å². The fourth-order valence-corrected chi connectivity index (χ4v) is 14.3. The van der Waals surface area contributed by atoms with Crippen LogP contribution in [0.4, 0.5) is 0 Å². The Labute approximate surface area is 668 Å².